The van der Waals surface area contributed by atoms with Crippen LogP contribution in [0, 0.1) is 5.92 Å². The van der Waals surface area contributed by atoms with E-state index < -0.39 is 0 Å². The molecule has 0 radical (unpaired) electrons. The molecule has 104 valence electrons. The van der Waals surface area contributed by atoms with Crippen molar-refractivity contribution in [2.24, 2.45) is 5.92 Å². The number of hydrogen-bond acceptors (Lipinski definition) is 3. The van der Waals surface area contributed by atoms with E-state index in [9.17, 15) is 0 Å². The van der Waals surface area contributed by atoms with E-state index in [2.05, 4.69) is 10.1 Å². The standard InChI is InChI=1S/C16H17ClN2O/c17-14-15(13-10-19-8-6-11(13)7-9-19)18-20-16(14)12-4-2-1-3-5-12/h1-5,11,13H,6-10H2. The summed E-state index contributed by atoms with van der Waals surface area (Å²) in [6.45, 7) is 3.52. The SMILES string of the molecule is Clc1c(C2CN3CCC2CC3)noc1-c1ccccc1. The fourth-order valence-corrected chi connectivity index (χ4v) is 3.88. The van der Waals surface area contributed by atoms with Gasteiger partial charge < -0.3 is 9.42 Å². The van der Waals surface area contributed by atoms with Crippen molar-refractivity contribution in [1.82, 2.24) is 10.1 Å². The van der Waals surface area contributed by atoms with Crippen molar-refractivity contribution in [3.8, 4) is 11.3 Å². The number of aromatic nitrogens is 1. The van der Waals surface area contributed by atoms with Gasteiger partial charge in [-0.3, -0.25) is 0 Å². The second-order valence-corrected chi connectivity index (χ2v) is 6.20. The second-order valence-electron chi connectivity index (χ2n) is 5.82. The Morgan fingerprint density at radius 1 is 1.15 bits per heavy atom. The smallest absolute Gasteiger partial charge is 0.185 e. The van der Waals surface area contributed by atoms with Crippen molar-refractivity contribution in [2.75, 3.05) is 19.6 Å². The van der Waals surface area contributed by atoms with Crippen LogP contribution < -0.4 is 0 Å². The van der Waals surface area contributed by atoms with Crippen molar-refractivity contribution >= 4 is 11.6 Å². The summed E-state index contributed by atoms with van der Waals surface area (Å²) in [7, 11) is 0. The van der Waals surface area contributed by atoms with Crippen molar-refractivity contribution in [3.05, 3.63) is 41.0 Å². The summed E-state index contributed by atoms with van der Waals surface area (Å²) in [5.74, 6) is 1.86. The van der Waals surface area contributed by atoms with Crippen molar-refractivity contribution < 1.29 is 4.52 Å². The van der Waals surface area contributed by atoms with Gasteiger partial charge >= 0.3 is 0 Å². The van der Waals surface area contributed by atoms with Crippen LogP contribution in [0.5, 0.6) is 0 Å². The lowest BCUT2D eigenvalue weighted by Gasteiger charge is -2.44. The van der Waals surface area contributed by atoms with Gasteiger partial charge in [0.2, 0.25) is 0 Å². The van der Waals surface area contributed by atoms with Crippen LogP contribution in [0.4, 0.5) is 0 Å². The Kier molecular flexibility index (Phi) is 3.04. The molecular formula is C16H17ClN2O. The quantitative estimate of drug-likeness (QED) is 0.842. The van der Waals surface area contributed by atoms with Gasteiger partial charge in [0, 0.05) is 18.0 Å². The first-order chi connectivity index (χ1) is 9.83. The van der Waals surface area contributed by atoms with Crippen LogP contribution in [0.25, 0.3) is 11.3 Å². The Labute approximate surface area is 123 Å². The molecule has 2 aromatic rings. The molecule has 1 atom stereocenters. The van der Waals surface area contributed by atoms with Gasteiger partial charge in [-0.25, -0.2) is 0 Å². The predicted octanol–water partition coefficient (Wildman–Crippen LogP) is 3.80. The molecule has 2 bridgehead atoms. The zero-order valence-corrected chi connectivity index (χ0v) is 12.0. The average Bonchev–Trinajstić information content (AvgIpc) is 2.91. The van der Waals surface area contributed by atoms with Crippen LogP contribution in [0.1, 0.15) is 24.5 Å². The highest BCUT2D eigenvalue weighted by atomic mass is 35.5. The lowest BCUT2D eigenvalue weighted by molar-refractivity contribution is 0.0840. The summed E-state index contributed by atoms with van der Waals surface area (Å²) < 4.78 is 5.54. The average molecular weight is 289 g/mol. The maximum atomic E-state index is 6.55. The molecular weight excluding hydrogens is 272 g/mol. The van der Waals surface area contributed by atoms with E-state index in [1.54, 1.807) is 0 Å². The molecule has 0 N–H and O–H groups in total. The Balaban J connectivity index is 1.69. The first-order valence-electron chi connectivity index (χ1n) is 7.26. The molecule has 3 aliphatic rings. The number of benzene rings is 1. The van der Waals surface area contributed by atoms with E-state index in [-0.39, 0.29) is 0 Å². The van der Waals surface area contributed by atoms with Gasteiger partial charge in [0.25, 0.3) is 0 Å². The summed E-state index contributed by atoms with van der Waals surface area (Å²) in [5.41, 5.74) is 1.96. The molecule has 0 spiro atoms. The second kappa shape index (κ2) is 4.90. The molecule has 0 saturated carbocycles. The number of rotatable bonds is 2. The van der Waals surface area contributed by atoms with Gasteiger partial charge in [-0.05, 0) is 31.8 Å². The Morgan fingerprint density at radius 2 is 1.90 bits per heavy atom. The van der Waals surface area contributed by atoms with Crippen molar-refractivity contribution in [1.29, 1.82) is 0 Å². The van der Waals surface area contributed by atoms with Gasteiger partial charge in [0.05, 0.1) is 0 Å². The molecule has 0 amide bonds. The lowest BCUT2D eigenvalue weighted by atomic mass is 9.77. The normalized spacial score (nSPS) is 28.8. The van der Waals surface area contributed by atoms with E-state index in [1.165, 1.54) is 25.9 Å². The third-order valence-electron chi connectivity index (χ3n) is 4.70. The molecule has 5 rings (SSSR count). The maximum Gasteiger partial charge on any atom is 0.185 e. The molecule has 4 heteroatoms. The summed E-state index contributed by atoms with van der Waals surface area (Å²) in [4.78, 5) is 2.51. The molecule has 1 unspecified atom stereocenters. The van der Waals surface area contributed by atoms with E-state index in [0.717, 1.165) is 17.8 Å². The molecule has 0 aliphatic carbocycles. The molecule has 3 nitrogen and oxygen atoms in total. The van der Waals surface area contributed by atoms with Gasteiger partial charge in [-0.2, -0.15) is 0 Å². The van der Waals surface area contributed by atoms with E-state index in [1.807, 2.05) is 30.3 Å². The number of piperidine rings is 3. The molecule has 3 aliphatic heterocycles. The van der Waals surface area contributed by atoms with Crippen LogP contribution in [-0.2, 0) is 0 Å². The minimum Gasteiger partial charge on any atom is -0.354 e. The fourth-order valence-electron chi connectivity index (χ4n) is 3.57. The van der Waals surface area contributed by atoms with E-state index in [0.29, 0.717) is 22.6 Å². The Morgan fingerprint density at radius 3 is 2.55 bits per heavy atom. The highest BCUT2D eigenvalue weighted by molar-refractivity contribution is 6.33. The third-order valence-corrected chi connectivity index (χ3v) is 5.07. The zero-order chi connectivity index (χ0) is 13.5. The maximum absolute atomic E-state index is 6.55. The summed E-state index contributed by atoms with van der Waals surface area (Å²) in [6.07, 6.45) is 2.52. The molecule has 4 heterocycles. The van der Waals surface area contributed by atoms with Gasteiger partial charge in [-0.15, -0.1) is 0 Å². The van der Waals surface area contributed by atoms with Crippen molar-refractivity contribution in [2.45, 2.75) is 18.8 Å². The monoisotopic (exact) mass is 288 g/mol. The Bertz CT molecular complexity index is 602. The summed E-state index contributed by atoms with van der Waals surface area (Å²) in [6, 6.07) is 9.98. The molecule has 1 aromatic carbocycles. The topological polar surface area (TPSA) is 29.3 Å². The largest absolute Gasteiger partial charge is 0.354 e. The first-order valence-corrected chi connectivity index (χ1v) is 7.63. The minimum absolute atomic E-state index is 0.436. The van der Waals surface area contributed by atoms with Gasteiger partial charge in [0.1, 0.15) is 10.7 Å². The summed E-state index contributed by atoms with van der Waals surface area (Å²) >= 11 is 6.55. The van der Waals surface area contributed by atoms with E-state index >= 15 is 0 Å². The summed E-state index contributed by atoms with van der Waals surface area (Å²) in [5, 5.41) is 5.00. The van der Waals surface area contributed by atoms with Gasteiger partial charge in [-0.1, -0.05) is 47.1 Å². The van der Waals surface area contributed by atoms with E-state index in [4.69, 9.17) is 16.1 Å². The highest BCUT2D eigenvalue weighted by Crippen LogP contribution is 2.43. The Hall–Kier alpha value is -1.32. The molecule has 1 aromatic heterocycles. The first kappa shape index (κ1) is 12.4. The molecule has 3 fully saturated rings. The zero-order valence-electron chi connectivity index (χ0n) is 11.3. The minimum atomic E-state index is 0.436. The van der Waals surface area contributed by atoms with Crippen LogP contribution >= 0.6 is 11.6 Å². The molecule has 3 saturated heterocycles. The van der Waals surface area contributed by atoms with Crippen molar-refractivity contribution in [3.63, 3.8) is 0 Å². The number of halogens is 1. The third kappa shape index (κ3) is 1.97. The van der Waals surface area contributed by atoms with Crippen LogP contribution in [-0.4, -0.2) is 29.7 Å². The fraction of sp³-hybridized carbons (Fsp3) is 0.438. The predicted molar refractivity (Wildman–Crippen MR) is 78.9 cm³/mol. The highest BCUT2D eigenvalue weighted by Gasteiger charge is 2.38. The van der Waals surface area contributed by atoms with Crippen LogP contribution in [0.2, 0.25) is 5.02 Å². The number of nitrogens with zero attached hydrogens (tertiary/aromatic N) is 2. The lowest BCUT2D eigenvalue weighted by Crippen LogP contribution is -2.46. The van der Waals surface area contributed by atoms with Crippen LogP contribution in [0.3, 0.4) is 0 Å². The van der Waals surface area contributed by atoms with Gasteiger partial charge in [0.15, 0.2) is 5.76 Å². The molecule has 20 heavy (non-hydrogen) atoms. The van der Waals surface area contributed by atoms with Crippen LogP contribution in [0.15, 0.2) is 34.9 Å². The number of fused-ring (bicyclic) bond motifs is 3. The number of hydrogen-bond donors (Lipinski definition) is 0.